The van der Waals surface area contributed by atoms with Gasteiger partial charge in [-0.1, -0.05) is 6.07 Å². The molecule has 1 heterocycles. The number of nitrogens with two attached hydrogens (primary N) is 1. The van der Waals surface area contributed by atoms with Crippen molar-refractivity contribution in [2.24, 2.45) is 24.6 Å². The number of aromatic nitrogens is 1. The zero-order valence-corrected chi connectivity index (χ0v) is 21.9. The van der Waals surface area contributed by atoms with E-state index < -0.39 is 58.0 Å². The number of phenols is 1. The van der Waals surface area contributed by atoms with Crippen molar-refractivity contribution in [2.45, 2.75) is 37.6 Å². The lowest BCUT2D eigenvalue weighted by Crippen LogP contribution is -2.65. The van der Waals surface area contributed by atoms with E-state index in [9.17, 15) is 34.8 Å². The number of fused-ring (bicyclic) bond motifs is 3. The zero-order chi connectivity index (χ0) is 28.4. The summed E-state index contributed by atoms with van der Waals surface area (Å²) in [5.74, 6) is -6.59. The Morgan fingerprint density at radius 1 is 1.18 bits per heavy atom. The number of aryl methyl sites for hydroxylation is 1. The number of primary amides is 1. The van der Waals surface area contributed by atoms with E-state index in [0.29, 0.717) is 18.7 Å². The maximum Gasteiger partial charge on any atom is 0.255 e. The van der Waals surface area contributed by atoms with E-state index in [0.717, 1.165) is 11.3 Å². The number of phenolic OH excluding ortho intramolecular Hbond substituents is 1. The van der Waals surface area contributed by atoms with Gasteiger partial charge in [0.15, 0.2) is 11.4 Å². The molecule has 2 aromatic rings. The summed E-state index contributed by atoms with van der Waals surface area (Å²) in [6.07, 6.45) is 2.25. The highest BCUT2D eigenvalue weighted by atomic mass is 16.3. The molecule has 1 amide bonds. The number of aromatic hydroxyl groups is 1. The Hall–Kier alpha value is -3.93. The number of carbonyl (C=O) groups excluding carboxylic acids is 3. The summed E-state index contributed by atoms with van der Waals surface area (Å²) in [6.45, 7) is 1.01. The van der Waals surface area contributed by atoms with Crippen molar-refractivity contribution in [3.8, 4) is 5.75 Å². The van der Waals surface area contributed by atoms with Crippen molar-refractivity contribution in [1.82, 2.24) is 14.8 Å². The molecule has 5 rings (SSSR count). The van der Waals surface area contributed by atoms with Crippen LogP contribution in [0.5, 0.6) is 5.75 Å². The minimum absolute atomic E-state index is 0.0532. The maximum absolute atomic E-state index is 13.9. The third kappa shape index (κ3) is 3.88. The normalized spacial score (nSPS) is 26.5. The second kappa shape index (κ2) is 9.37. The average molecular weight is 537 g/mol. The van der Waals surface area contributed by atoms with E-state index in [1.165, 1.54) is 11.0 Å². The molecule has 3 aliphatic carbocycles. The fourth-order valence-corrected chi connectivity index (χ4v) is 6.48. The third-order valence-electron chi connectivity index (χ3n) is 8.37. The van der Waals surface area contributed by atoms with Crippen LogP contribution >= 0.6 is 0 Å². The predicted molar refractivity (Wildman–Crippen MR) is 140 cm³/mol. The van der Waals surface area contributed by atoms with Gasteiger partial charge < -0.3 is 36.0 Å². The molecule has 3 aliphatic rings. The summed E-state index contributed by atoms with van der Waals surface area (Å²) in [5.41, 5.74) is 4.35. The molecule has 7 N–H and O–H groups in total. The molecule has 1 saturated carbocycles. The lowest BCUT2D eigenvalue weighted by Gasteiger charge is -2.50. The van der Waals surface area contributed by atoms with Gasteiger partial charge in [-0.2, -0.15) is 0 Å². The highest BCUT2D eigenvalue weighted by molar-refractivity contribution is 6.24. The standard InChI is InChI=1S/C28H32N4O7/c1-31(2)22-17-10-14-9-16-13(11-30-12-15-5-4-8-32(15)3)6-7-18(33)20(16)23(34)19(14)25(36)28(17,39)26(37)21(24(22)35)27(29)38/h4-8,14,17,22,30,33-34,37,39H,9-12H2,1-3H3,(H2,29,38)/t14-,17-,22+,28-/m0/s1. The van der Waals surface area contributed by atoms with Gasteiger partial charge in [-0.25, -0.2) is 0 Å². The number of hydrogen-bond acceptors (Lipinski definition) is 9. The number of aliphatic hydroxyl groups is 3. The van der Waals surface area contributed by atoms with Crippen molar-refractivity contribution in [2.75, 3.05) is 14.1 Å². The van der Waals surface area contributed by atoms with Crippen LogP contribution in [-0.4, -0.2) is 73.1 Å². The van der Waals surface area contributed by atoms with Crippen LogP contribution in [0.1, 0.15) is 28.8 Å². The maximum atomic E-state index is 13.9. The Bertz CT molecular complexity index is 1470. The van der Waals surface area contributed by atoms with E-state index in [2.05, 4.69) is 5.32 Å². The second-order valence-corrected chi connectivity index (χ2v) is 10.8. The Kier molecular flexibility index (Phi) is 6.41. The number of ketones is 2. The van der Waals surface area contributed by atoms with Gasteiger partial charge in [0.25, 0.3) is 5.91 Å². The Balaban J connectivity index is 1.58. The van der Waals surface area contributed by atoms with Crippen LogP contribution in [0, 0.1) is 11.8 Å². The molecular weight excluding hydrogens is 504 g/mol. The summed E-state index contributed by atoms with van der Waals surface area (Å²) in [7, 11) is 5.09. The molecule has 206 valence electrons. The first kappa shape index (κ1) is 26.7. The van der Waals surface area contributed by atoms with Gasteiger partial charge in [-0.3, -0.25) is 19.3 Å². The molecule has 4 atom stereocenters. The van der Waals surface area contributed by atoms with Crippen molar-refractivity contribution in [3.05, 3.63) is 69.8 Å². The summed E-state index contributed by atoms with van der Waals surface area (Å²) in [5, 5.41) is 48.0. The summed E-state index contributed by atoms with van der Waals surface area (Å²) in [4.78, 5) is 40.6. The first-order valence-electron chi connectivity index (χ1n) is 12.7. The molecule has 1 aromatic heterocycles. The molecule has 0 aliphatic heterocycles. The van der Waals surface area contributed by atoms with E-state index in [-0.39, 0.29) is 29.7 Å². The largest absolute Gasteiger partial charge is 0.508 e. The van der Waals surface area contributed by atoms with E-state index in [1.807, 2.05) is 29.9 Å². The molecular formula is C28H32N4O7. The number of nitrogens with one attached hydrogen (secondary N) is 1. The zero-order valence-electron chi connectivity index (χ0n) is 21.9. The fraction of sp³-hybridized carbons (Fsp3) is 0.393. The Labute approximate surface area is 224 Å². The molecule has 1 fully saturated rings. The number of Topliss-reactive ketones (excluding diaryl/α,β-unsaturated/α-hetero) is 2. The van der Waals surface area contributed by atoms with Gasteiger partial charge in [0, 0.05) is 43.5 Å². The van der Waals surface area contributed by atoms with Crippen LogP contribution in [0.4, 0.5) is 0 Å². The highest BCUT2D eigenvalue weighted by Gasteiger charge is 2.64. The number of likely N-dealkylation sites (N-methyl/N-ethyl adjacent to an activating group) is 1. The van der Waals surface area contributed by atoms with Crippen LogP contribution in [0.25, 0.3) is 5.76 Å². The van der Waals surface area contributed by atoms with Crippen LogP contribution in [-0.2, 0) is 40.9 Å². The molecule has 0 spiro atoms. The molecule has 11 nitrogen and oxygen atoms in total. The fourth-order valence-electron chi connectivity index (χ4n) is 6.48. The van der Waals surface area contributed by atoms with Crippen LogP contribution in [0.2, 0.25) is 0 Å². The monoisotopic (exact) mass is 536 g/mol. The van der Waals surface area contributed by atoms with Gasteiger partial charge >= 0.3 is 0 Å². The van der Waals surface area contributed by atoms with Crippen molar-refractivity contribution in [1.29, 1.82) is 0 Å². The summed E-state index contributed by atoms with van der Waals surface area (Å²) in [6, 6.07) is 6.02. The van der Waals surface area contributed by atoms with E-state index in [4.69, 9.17) is 5.73 Å². The second-order valence-electron chi connectivity index (χ2n) is 10.8. The van der Waals surface area contributed by atoms with E-state index >= 15 is 0 Å². The smallest absolute Gasteiger partial charge is 0.255 e. The Morgan fingerprint density at radius 3 is 2.51 bits per heavy atom. The molecule has 0 radical (unpaired) electrons. The minimum atomic E-state index is -2.64. The quantitative estimate of drug-likeness (QED) is 0.288. The number of amides is 1. The Morgan fingerprint density at radius 2 is 1.90 bits per heavy atom. The van der Waals surface area contributed by atoms with Gasteiger partial charge in [-0.15, -0.1) is 0 Å². The van der Waals surface area contributed by atoms with Crippen molar-refractivity contribution >= 4 is 23.2 Å². The van der Waals surface area contributed by atoms with E-state index in [1.54, 1.807) is 20.2 Å². The molecule has 39 heavy (non-hydrogen) atoms. The number of hydrogen-bond donors (Lipinski definition) is 6. The van der Waals surface area contributed by atoms with Gasteiger partial charge in [0.1, 0.15) is 22.8 Å². The number of rotatable bonds is 6. The number of carbonyl (C=O) groups is 3. The molecule has 0 saturated heterocycles. The van der Waals surface area contributed by atoms with Crippen LogP contribution in [0.15, 0.2) is 47.4 Å². The lowest BCUT2D eigenvalue weighted by molar-refractivity contribution is -0.153. The topological polar surface area (TPSA) is 178 Å². The summed E-state index contributed by atoms with van der Waals surface area (Å²) >= 11 is 0. The lowest BCUT2D eigenvalue weighted by atomic mass is 9.57. The average Bonchev–Trinajstić information content (AvgIpc) is 3.26. The predicted octanol–water partition coefficient (Wildman–Crippen LogP) is 0.592. The summed E-state index contributed by atoms with van der Waals surface area (Å²) < 4.78 is 2.00. The molecule has 1 aromatic carbocycles. The highest BCUT2D eigenvalue weighted by Crippen LogP contribution is 2.52. The number of benzene rings is 1. The molecule has 11 heteroatoms. The number of aliphatic hydroxyl groups excluding tert-OH is 2. The van der Waals surface area contributed by atoms with Gasteiger partial charge in [-0.05, 0) is 62.2 Å². The number of nitrogens with zero attached hydrogens (tertiary/aromatic N) is 2. The van der Waals surface area contributed by atoms with Crippen molar-refractivity contribution < 1.29 is 34.8 Å². The van der Waals surface area contributed by atoms with Crippen LogP contribution in [0.3, 0.4) is 0 Å². The minimum Gasteiger partial charge on any atom is -0.508 e. The SMILES string of the molecule is CN(C)[C@H]1C(=O)C(C(N)=O)=C(O)[C@@]2(O)C(=O)C3=C(O)c4c(O)ccc(CNCc5cccn5C)c4C[C@H]3C[C@@H]12. The van der Waals surface area contributed by atoms with Gasteiger partial charge in [0.05, 0.1) is 11.6 Å². The molecule has 0 bridgehead atoms. The first-order valence-corrected chi connectivity index (χ1v) is 12.7. The van der Waals surface area contributed by atoms with Gasteiger partial charge in [0.2, 0.25) is 5.78 Å². The first-order chi connectivity index (χ1) is 18.4. The third-order valence-corrected chi connectivity index (χ3v) is 8.37. The van der Waals surface area contributed by atoms with Crippen LogP contribution < -0.4 is 11.1 Å². The van der Waals surface area contributed by atoms with Crippen molar-refractivity contribution in [3.63, 3.8) is 0 Å². The molecule has 0 unspecified atom stereocenters.